The minimum Gasteiger partial charge on any atom is -0.302 e. The van der Waals surface area contributed by atoms with E-state index in [0.29, 0.717) is 12.1 Å². The van der Waals surface area contributed by atoms with E-state index in [1.54, 1.807) is 0 Å². The van der Waals surface area contributed by atoms with Crippen molar-refractivity contribution in [1.29, 1.82) is 0 Å². The highest BCUT2D eigenvalue weighted by Gasteiger charge is 2.26. The Morgan fingerprint density at radius 2 is 1.68 bits per heavy atom. The highest BCUT2D eigenvalue weighted by molar-refractivity contribution is 7.11. The Balaban J connectivity index is 1.80. The second kappa shape index (κ2) is 6.21. The van der Waals surface area contributed by atoms with Gasteiger partial charge >= 0.3 is 0 Å². The molecule has 0 radical (unpaired) electrons. The molecule has 19 heavy (non-hydrogen) atoms. The van der Waals surface area contributed by atoms with E-state index in [1.807, 2.05) is 22.7 Å². The lowest BCUT2D eigenvalue weighted by molar-refractivity contribution is 0.270. The molecule has 1 N–H and O–H groups in total. The molecule has 0 bridgehead atoms. The van der Waals surface area contributed by atoms with Gasteiger partial charge in [0.1, 0.15) is 0 Å². The van der Waals surface area contributed by atoms with Gasteiger partial charge in [-0.2, -0.15) is 0 Å². The van der Waals surface area contributed by atoms with Gasteiger partial charge in [-0.15, -0.1) is 22.7 Å². The molecule has 2 aromatic rings. The van der Waals surface area contributed by atoms with Gasteiger partial charge in [0.2, 0.25) is 0 Å². The van der Waals surface area contributed by atoms with Gasteiger partial charge in [0.25, 0.3) is 0 Å². The standard InChI is InChI=1S/C16H21NS2/c1-12-6-2-3-7-13(12)17-16(14-8-4-10-18-14)15-9-5-11-19-15/h4-5,8-13,16-17H,2-3,6-7H2,1H3. The van der Waals surface area contributed by atoms with E-state index in [1.165, 1.54) is 35.4 Å². The number of hydrogen-bond donors (Lipinski definition) is 1. The zero-order valence-electron chi connectivity index (χ0n) is 11.3. The van der Waals surface area contributed by atoms with E-state index in [0.717, 1.165) is 5.92 Å². The van der Waals surface area contributed by atoms with Gasteiger partial charge in [0.05, 0.1) is 6.04 Å². The number of hydrogen-bond acceptors (Lipinski definition) is 3. The first kappa shape index (κ1) is 13.3. The van der Waals surface area contributed by atoms with Crippen LogP contribution in [0.1, 0.15) is 48.4 Å². The van der Waals surface area contributed by atoms with Crippen LogP contribution in [0.4, 0.5) is 0 Å². The van der Waals surface area contributed by atoms with Crippen LogP contribution in [0.3, 0.4) is 0 Å². The first-order chi connectivity index (χ1) is 9.34. The van der Waals surface area contributed by atoms with Crippen molar-refractivity contribution in [3.05, 3.63) is 44.8 Å². The van der Waals surface area contributed by atoms with Crippen LogP contribution in [0.5, 0.6) is 0 Å². The fraction of sp³-hybridized carbons (Fsp3) is 0.500. The number of nitrogens with one attached hydrogen (secondary N) is 1. The third-order valence-corrected chi connectivity index (χ3v) is 6.02. The summed E-state index contributed by atoms with van der Waals surface area (Å²) in [4.78, 5) is 2.89. The summed E-state index contributed by atoms with van der Waals surface area (Å²) in [6, 6.07) is 9.90. The van der Waals surface area contributed by atoms with E-state index in [4.69, 9.17) is 0 Å². The Morgan fingerprint density at radius 3 is 2.21 bits per heavy atom. The lowest BCUT2D eigenvalue weighted by Gasteiger charge is -2.32. The maximum atomic E-state index is 3.93. The van der Waals surface area contributed by atoms with Crippen molar-refractivity contribution in [3.63, 3.8) is 0 Å². The summed E-state index contributed by atoms with van der Waals surface area (Å²) in [5, 5.41) is 8.30. The lowest BCUT2D eigenvalue weighted by atomic mass is 9.85. The molecule has 0 spiro atoms. The van der Waals surface area contributed by atoms with E-state index in [9.17, 15) is 0 Å². The second-order valence-electron chi connectivity index (χ2n) is 5.50. The molecule has 2 atom stereocenters. The molecule has 1 saturated carbocycles. The highest BCUT2D eigenvalue weighted by atomic mass is 32.1. The largest absolute Gasteiger partial charge is 0.302 e. The Labute approximate surface area is 123 Å². The van der Waals surface area contributed by atoms with Gasteiger partial charge in [-0.3, -0.25) is 0 Å². The Morgan fingerprint density at radius 1 is 1.05 bits per heavy atom. The maximum Gasteiger partial charge on any atom is 0.0767 e. The maximum absolute atomic E-state index is 3.93. The molecule has 1 fully saturated rings. The average Bonchev–Trinajstić information content (AvgIpc) is 3.11. The first-order valence-electron chi connectivity index (χ1n) is 7.17. The third kappa shape index (κ3) is 3.10. The van der Waals surface area contributed by atoms with Gasteiger partial charge in [0.15, 0.2) is 0 Å². The molecule has 3 heteroatoms. The molecule has 1 nitrogen and oxygen atoms in total. The van der Waals surface area contributed by atoms with E-state index >= 15 is 0 Å². The van der Waals surface area contributed by atoms with Crippen LogP contribution in [0, 0.1) is 5.92 Å². The fourth-order valence-corrected chi connectivity index (χ4v) is 4.67. The molecule has 102 valence electrons. The predicted molar refractivity (Wildman–Crippen MR) is 85.0 cm³/mol. The molecule has 2 unspecified atom stereocenters. The van der Waals surface area contributed by atoms with Gasteiger partial charge < -0.3 is 5.32 Å². The summed E-state index contributed by atoms with van der Waals surface area (Å²) < 4.78 is 0. The molecule has 0 aliphatic heterocycles. The van der Waals surface area contributed by atoms with Crippen LogP contribution >= 0.6 is 22.7 Å². The van der Waals surface area contributed by atoms with Crippen LogP contribution < -0.4 is 5.32 Å². The average molecular weight is 291 g/mol. The van der Waals surface area contributed by atoms with Crippen molar-refractivity contribution >= 4 is 22.7 Å². The van der Waals surface area contributed by atoms with E-state index in [2.05, 4.69) is 47.3 Å². The lowest BCUT2D eigenvalue weighted by Crippen LogP contribution is -2.39. The SMILES string of the molecule is CC1CCCCC1NC(c1cccs1)c1cccs1. The number of thiophene rings is 2. The Bertz CT molecular complexity index is 441. The van der Waals surface area contributed by atoms with Crippen LogP contribution in [0.25, 0.3) is 0 Å². The zero-order valence-corrected chi connectivity index (χ0v) is 13.0. The highest BCUT2D eigenvalue weighted by Crippen LogP contribution is 2.32. The van der Waals surface area contributed by atoms with Crippen LogP contribution in [-0.2, 0) is 0 Å². The van der Waals surface area contributed by atoms with Crippen LogP contribution in [0.2, 0.25) is 0 Å². The molecular formula is C16H21NS2. The summed E-state index contributed by atoms with van der Waals surface area (Å²) in [5.74, 6) is 0.802. The molecule has 0 saturated heterocycles. The fourth-order valence-electron chi connectivity index (χ4n) is 2.99. The minimum atomic E-state index is 0.394. The number of rotatable bonds is 4. The monoisotopic (exact) mass is 291 g/mol. The normalized spacial score (nSPS) is 23.9. The molecule has 0 amide bonds. The van der Waals surface area contributed by atoms with Gasteiger partial charge in [-0.1, -0.05) is 31.9 Å². The molecule has 0 aromatic carbocycles. The van der Waals surface area contributed by atoms with E-state index in [-0.39, 0.29) is 0 Å². The molecule has 2 aromatic heterocycles. The molecule has 1 aliphatic rings. The summed E-state index contributed by atoms with van der Waals surface area (Å²) in [6.45, 7) is 2.40. The van der Waals surface area contributed by atoms with Crippen molar-refractivity contribution in [2.75, 3.05) is 0 Å². The summed E-state index contributed by atoms with van der Waals surface area (Å²) in [6.07, 6.45) is 5.49. The second-order valence-corrected chi connectivity index (χ2v) is 7.46. The van der Waals surface area contributed by atoms with Crippen molar-refractivity contribution in [2.45, 2.75) is 44.7 Å². The third-order valence-electron chi connectivity index (χ3n) is 4.15. The zero-order chi connectivity index (χ0) is 13.1. The van der Waals surface area contributed by atoms with Crippen molar-refractivity contribution in [2.24, 2.45) is 5.92 Å². The van der Waals surface area contributed by atoms with Crippen molar-refractivity contribution in [3.8, 4) is 0 Å². The quantitative estimate of drug-likeness (QED) is 0.829. The molecule has 2 heterocycles. The topological polar surface area (TPSA) is 12.0 Å². The van der Waals surface area contributed by atoms with Gasteiger partial charge in [-0.25, -0.2) is 0 Å². The van der Waals surface area contributed by atoms with Crippen molar-refractivity contribution < 1.29 is 0 Å². The molecule has 1 aliphatic carbocycles. The summed E-state index contributed by atoms with van der Waals surface area (Å²) in [7, 11) is 0. The Kier molecular flexibility index (Phi) is 4.36. The van der Waals surface area contributed by atoms with E-state index < -0.39 is 0 Å². The predicted octanol–water partition coefficient (Wildman–Crippen LogP) is 5.07. The minimum absolute atomic E-state index is 0.394. The first-order valence-corrected chi connectivity index (χ1v) is 8.93. The summed E-state index contributed by atoms with van der Waals surface area (Å²) in [5.41, 5.74) is 0. The summed E-state index contributed by atoms with van der Waals surface area (Å²) >= 11 is 3.73. The van der Waals surface area contributed by atoms with Crippen molar-refractivity contribution in [1.82, 2.24) is 5.32 Å². The molecule has 3 rings (SSSR count). The van der Waals surface area contributed by atoms with Gasteiger partial charge in [0, 0.05) is 15.8 Å². The smallest absolute Gasteiger partial charge is 0.0767 e. The van der Waals surface area contributed by atoms with Gasteiger partial charge in [-0.05, 0) is 41.7 Å². The van der Waals surface area contributed by atoms with Crippen LogP contribution in [-0.4, -0.2) is 6.04 Å². The molecular weight excluding hydrogens is 270 g/mol. The van der Waals surface area contributed by atoms with Crippen LogP contribution in [0.15, 0.2) is 35.0 Å². The Hall–Kier alpha value is -0.640.